The number of carboxylic acid groups (broad SMARTS) is 1. The first-order valence-electron chi connectivity index (χ1n) is 12.5. The third-order valence-electron chi connectivity index (χ3n) is 6.92. The summed E-state index contributed by atoms with van der Waals surface area (Å²) >= 11 is 0. The molecule has 2 heterocycles. The van der Waals surface area contributed by atoms with Gasteiger partial charge >= 0.3 is 5.97 Å². The number of carbonyl (C=O) groups excluding carboxylic acids is 1. The van der Waals surface area contributed by atoms with Gasteiger partial charge in [0.1, 0.15) is 5.82 Å². The number of hydrogen-bond donors (Lipinski definition) is 1. The van der Waals surface area contributed by atoms with E-state index in [0.29, 0.717) is 42.5 Å². The van der Waals surface area contributed by atoms with Crippen molar-refractivity contribution in [2.24, 2.45) is 5.92 Å². The van der Waals surface area contributed by atoms with Crippen molar-refractivity contribution in [3.05, 3.63) is 95.4 Å². The number of amides is 1. The Balaban J connectivity index is 1.39. The molecule has 1 aliphatic rings. The molecule has 1 aromatic heterocycles. The quantitative estimate of drug-likeness (QED) is 0.337. The topological polar surface area (TPSA) is 83.4 Å². The van der Waals surface area contributed by atoms with Gasteiger partial charge in [0.15, 0.2) is 0 Å². The van der Waals surface area contributed by atoms with Crippen LogP contribution in [0.1, 0.15) is 47.3 Å². The summed E-state index contributed by atoms with van der Waals surface area (Å²) in [7, 11) is 0. The molecule has 5 rings (SSSR count). The molecule has 1 fully saturated rings. The summed E-state index contributed by atoms with van der Waals surface area (Å²) in [6.45, 7) is 3.02. The molecule has 0 radical (unpaired) electrons. The molecule has 1 saturated heterocycles. The van der Waals surface area contributed by atoms with Crippen LogP contribution in [0, 0.1) is 11.7 Å². The molecule has 1 atom stereocenters. The van der Waals surface area contributed by atoms with Crippen LogP contribution < -0.4 is 0 Å². The molecule has 0 saturated carbocycles. The number of benzene rings is 3. The van der Waals surface area contributed by atoms with Crippen LogP contribution in [-0.2, 0) is 11.2 Å². The average molecular weight is 498 g/mol. The molecule has 6 nitrogen and oxygen atoms in total. The van der Waals surface area contributed by atoms with Gasteiger partial charge in [-0.2, -0.15) is 0 Å². The summed E-state index contributed by atoms with van der Waals surface area (Å²) < 4.78 is 13.6. The van der Waals surface area contributed by atoms with E-state index >= 15 is 0 Å². The Hall–Kier alpha value is -4.13. The van der Waals surface area contributed by atoms with Crippen molar-refractivity contribution in [2.75, 3.05) is 13.1 Å². The lowest BCUT2D eigenvalue weighted by Gasteiger charge is -2.39. The van der Waals surface area contributed by atoms with Crippen molar-refractivity contribution in [3.8, 4) is 11.3 Å². The predicted octanol–water partition coefficient (Wildman–Crippen LogP) is 5.72. The van der Waals surface area contributed by atoms with Gasteiger partial charge in [-0.05, 0) is 54.7 Å². The molecule has 1 N–H and O–H groups in total. The van der Waals surface area contributed by atoms with Crippen molar-refractivity contribution < 1.29 is 19.1 Å². The van der Waals surface area contributed by atoms with Gasteiger partial charge in [-0.3, -0.25) is 9.59 Å². The number of aromatic nitrogens is 2. The standard InChI is InChI=1S/C30H28FN3O3/c1-19(14-28(35)36)10-12-26-29(20-6-3-2-4-7-20)33-25-13-11-22(16-27(25)32-26)30(37)34-17-23(18-34)21-8-5-9-24(31)15-21/h2-9,11,13,15-16,19,23H,10,12,14,17-18H2,1H3,(H,35,36)/t19-/m0/s1. The summed E-state index contributed by atoms with van der Waals surface area (Å²) in [5.41, 5.74) is 5.28. The van der Waals surface area contributed by atoms with E-state index in [-0.39, 0.29) is 30.0 Å². The van der Waals surface area contributed by atoms with E-state index < -0.39 is 5.97 Å². The van der Waals surface area contributed by atoms with E-state index in [9.17, 15) is 14.0 Å². The number of fused-ring (bicyclic) bond motifs is 1. The van der Waals surface area contributed by atoms with Gasteiger partial charge in [0.25, 0.3) is 5.91 Å². The molecular weight excluding hydrogens is 469 g/mol. The van der Waals surface area contributed by atoms with E-state index in [1.54, 1.807) is 23.1 Å². The van der Waals surface area contributed by atoms with Crippen molar-refractivity contribution in [1.29, 1.82) is 0 Å². The van der Waals surface area contributed by atoms with Crippen LogP contribution in [0.2, 0.25) is 0 Å². The average Bonchev–Trinajstić information content (AvgIpc) is 2.86. The number of carboxylic acids is 1. The number of carbonyl (C=O) groups is 2. The van der Waals surface area contributed by atoms with E-state index in [1.807, 2.05) is 49.4 Å². The fourth-order valence-corrected chi connectivity index (χ4v) is 4.81. The maximum Gasteiger partial charge on any atom is 0.303 e. The zero-order chi connectivity index (χ0) is 25.9. The van der Waals surface area contributed by atoms with E-state index in [0.717, 1.165) is 22.5 Å². The Labute approximate surface area is 214 Å². The van der Waals surface area contributed by atoms with Crippen LogP contribution in [0.15, 0.2) is 72.8 Å². The van der Waals surface area contributed by atoms with Gasteiger partial charge < -0.3 is 10.0 Å². The maximum atomic E-state index is 13.6. The largest absolute Gasteiger partial charge is 0.481 e. The molecule has 1 aliphatic heterocycles. The van der Waals surface area contributed by atoms with Gasteiger partial charge in [-0.25, -0.2) is 14.4 Å². The van der Waals surface area contributed by atoms with Crippen LogP contribution in [0.4, 0.5) is 4.39 Å². The van der Waals surface area contributed by atoms with E-state index in [1.165, 1.54) is 12.1 Å². The molecule has 3 aromatic carbocycles. The molecule has 0 unspecified atom stereocenters. The van der Waals surface area contributed by atoms with Crippen LogP contribution in [0.5, 0.6) is 0 Å². The van der Waals surface area contributed by atoms with Crippen molar-refractivity contribution in [3.63, 3.8) is 0 Å². The number of rotatable bonds is 8. The minimum absolute atomic E-state index is 0.00369. The highest BCUT2D eigenvalue weighted by Crippen LogP contribution is 2.30. The summed E-state index contributed by atoms with van der Waals surface area (Å²) in [5, 5.41) is 9.12. The summed E-state index contributed by atoms with van der Waals surface area (Å²) in [6.07, 6.45) is 1.36. The maximum absolute atomic E-state index is 13.6. The molecular formula is C30H28FN3O3. The molecule has 0 spiro atoms. The van der Waals surface area contributed by atoms with Crippen molar-refractivity contribution >= 4 is 22.9 Å². The number of halogens is 1. The van der Waals surface area contributed by atoms with E-state index in [4.69, 9.17) is 15.1 Å². The molecule has 0 bridgehead atoms. The number of nitrogens with zero attached hydrogens (tertiary/aromatic N) is 3. The number of hydrogen-bond acceptors (Lipinski definition) is 4. The second-order valence-corrected chi connectivity index (χ2v) is 9.79. The Morgan fingerprint density at radius 1 is 1.00 bits per heavy atom. The predicted molar refractivity (Wildman–Crippen MR) is 140 cm³/mol. The second kappa shape index (κ2) is 10.5. The molecule has 0 aliphatic carbocycles. The van der Waals surface area contributed by atoms with Crippen LogP contribution in [0.3, 0.4) is 0 Å². The third kappa shape index (κ3) is 5.50. The highest BCUT2D eigenvalue weighted by Gasteiger charge is 2.32. The van der Waals surface area contributed by atoms with Crippen molar-refractivity contribution in [1.82, 2.24) is 14.9 Å². The third-order valence-corrected chi connectivity index (χ3v) is 6.92. The zero-order valence-electron chi connectivity index (χ0n) is 20.6. The molecule has 4 aromatic rings. The minimum Gasteiger partial charge on any atom is -0.481 e. The lowest BCUT2D eigenvalue weighted by atomic mass is 9.91. The minimum atomic E-state index is -0.811. The fourth-order valence-electron chi connectivity index (χ4n) is 4.81. The first kappa shape index (κ1) is 24.6. The number of likely N-dealkylation sites (tertiary alicyclic amines) is 1. The monoisotopic (exact) mass is 497 g/mol. The summed E-state index contributed by atoms with van der Waals surface area (Å²) in [5.74, 6) is -1.02. The first-order chi connectivity index (χ1) is 17.9. The molecule has 1 amide bonds. The van der Waals surface area contributed by atoms with Gasteiger partial charge in [0, 0.05) is 36.6 Å². The Kier molecular flexibility index (Phi) is 6.95. The smallest absolute Gasteiger partial charge is 0.303 e. The van der Waals surface area contributed by atoms with Gasteiger partial charge in [0.2, 0.25) is 0 Å². The summed E-state index contributed by atoms with van der Waals surface area (Å²) in [4.78, 5) is 35.8. The Bertz CT molecular complexity index is 1450. The van der Waals surface area contributed by atoms with Gasteiger partial charge in [-0.15, -0.1) is 0 Å². The fraction of sp³-hybridized carbons (Fsp3) is 0.267. The number of aliphatic carboxylic acids is 1. The van der Waals surface area contributed by atoms with Crippen LogP contribution in [-0.4, -0.2) is 44.9 Å². The lowest BCUT2D eigenvalue weighted by Crippen LogP contribution is -2.48. The van der Waals surface area contributed by atoms with Crippen LogP contribution >= 0.6 is 0 Å². The highest BCUT2D eigenvalue weighted by atomic mass is 19.1. The van der Waals surface area contributed by atoms with E-state index in [2.05, 4.69) is 0 Å². The summed E-state index contributed by atoms with van der Waals surface area (Å²) in [6, 6.07) is 21.7. The second-order valence-electron chi connectivity index (χ2n) is 9.79. The number of aryl methyl sites for hydroxylation is 1. The first-order valence-corrected chi connectivity index (χ1v) is 12.5. The van der Waals surface area contributed by atoms with Gasteiger partial charge in [-0.1, -0.05) is 49.4 Å². The normalized spacial score (nSPS) is 14.4. The highest BCUT2D eigenvalue weighted by molar-refractivity contribution is 5.98. The van der Waals surface area contributed by atoms with Gasteiger partial charge in [0.05, 0.1) is 22.4 Å². The lowest BCUT2D eigenvalue weighted by molar-refractivity contribution is -0.138. The molecule has 188 valence electrons. The molecule has 7 heteroatoms. The SMILES string of the molecule is C[C@@H](CCc1nc2cc(C(=O)N3CC(c4cccc(F)c4)C3)ccc2nc1-c1ccccc1)CC(=O)O. The molecule has 37 heavy (non-hydrogen) atoms. The van der Waals surface area contributed by atoms with Crippen molar-refractivity contribution in [2.45, 2.75) is 32.1 Å². The Morgan fingerprint density at radius 2 is 1.78 bits per heavy atom. The zero-order valence-corrected chi connectivity index (χ0v) is 20.6. The van der Waals surface area contributed by atoms with Crippen LogP contribution in [0.25, 0.3) is 22.3 Å². The Morgan fingerprint density at radius 3 is 2.51 bits per heavy atom.